The van der Waals surface area contributed by atoms with Crippen LogP contribution in [-0.2, 0) is 9.59 Å². The van der Waals surface area contributed by atoms with Gasteiger partial charge in [-0.1, -0.05) is 36.1 Å². The number of ether oxygens (including phenoxy) is 3. The van der Waals surface area contributed by atoms with Crippen LogP contribution in [0.25, 0.3) is 5.76 Å². The highest BCUT2D eigenvalue weighted by atomic mass is 32.1. The van der Waals surface area contributed by atoms with Gasteiger partial charge >= 0.3 is 5.91 Å². The monoisotopic (exact) mass is 491 g/mol. The van der Waals surface area contributed by atoms with Gasteiger partial charge in [0.05, 0.1) is 11.6 Å². The molecule has 178 valence electrons. The van der Waals surface area contributed by atoms with Crippen LogP contribution in [0.5, 0.6) is 17.2 Å². The van der Waals surface area contributed by atoms with Gasteiger partial charge in [-0.2, -0.15) is 0 Å². The van der Waals surface area contributed by atoms with E-state index in [1.807, 2.05) is 0 Å². The number of aryl methyl sites for hydroxylation is 1. The number of aromatic nitrogens is 2. The van der Waals surface area contributed by atoms with Crippen LogP contribution >= 0.6 is 11.3 Å². The molecule has 0 radical (unpaired) electrons. The number of anilines is 1. The third kappa shape index (κ3) is 4.12. The molecule has 0 aliphatic carbocycles. The number of Topliss-reactive ketones (excluding diaryl/α,β-unsaturated/α-hetero) is 1. The number of benzene rings is 2. The lowest BCUT2D eigenvalue weighted by Crippen LogP contribution is -2.29. The van der Waals surface area contributed by atoms with Crippen molar-refractivity contribution in [1.82, 2.24) is 10.2 Å². The smallest absolute Gasteiger partial charge is 0.301 e. The Balaban J connectivity index is 1.67. The van der Waals surface area contributed by atoms with Crippen LogP contribution in [0.2, 0.25) is 0 Å². The minimum atomic E-state index is -0.942. The zero-order chi connectivity index (χ0) is 24.5. The van der Waals surface area contributed by atoms with Crippen molar-refractivity contribution in [3.8, 4) is 17.2 Å². The molecule has 5 rings (SSSR count). The minimum absolute atomic E-state index is 0.0691. The number of hydrogen-bond acceptors (Lipinski definition) is 9. The summed E-state index contributed by atoms with van der Waals surface area (Å²) in [5, 5.41) is 20.3. The van der Waals surface area contributed by atoms with Crippen molar-refractivity contribution in [3.05, 3.63) is 76.8 Å². The van der Waals surface area contributed by atoms with Crippen molar-refractivity contribution in [2.75, 3.05) is 24.7 Å². The summed E-state index contributed by atoms with van der Waals surface area (Å²) in [5.41, 5.74) is 0.822. The van der Waals surface area contributed by atoms with E-state index in [0.29, 0.717) is 46.6 Å². The van der Waals surface area contributed by atoms with Gasteiger partial charge in [-0.25, -0.2) is 0 Å². The Morgan fingerprint density at radius 3 is 2.74 bits per heavy atom. The summed E-state index contributed by atoms with van der Waals surface area (Å²) in [7, 11) is 0. The maximum absolute atomic E-state index is 13.3. The number of aliphatic hydroxyl groups is 1. The van der Waals surface area contributed by atoms with Gasteiger partial charge in [0.25, 0.3) is 5.78 Å². The molecule has 10 heteroatoms. The minimum Gasteiger partial charge on any atom is -0.507 e. The molecule has 3 heterocycles. The molecule has 1 saturated heterocycles. The van der Waals surface area contributed by atoms with Crippen molar-refractivity contribution < 1.29 is 28.9 Å². The number of carbonyl (C=O) groups is 2. The van der Waals surface area contributed by atoms with Crippen molar-refractivity contribution in [2.45, 2.75) is 13.0 Å². The van der Waals surface area contributed by atoms with Gasteiger partial charge in [0, 0.05) is 5.56 Å². The number of amides is 1. The first-order valence-electron chi connectivity index (χ1n) is 10.8. The highest BCUT2D eigenvalue weighted by Crippen LogP contribution is 2.44. The second kappa shape index (κ2) is 9.22. The number of aliphatic hydroxyl groups excluding tert-OH is 1. The van der Waals surface area contributed by atoms with E-state index < -0.39 is 17.7 Å². The van der Waals surface area contributed by atoms with Crippen molar-refractivity contribution in [1.29, 1.82) is 0 Å². The Kier molecular flexibility index (Phi) is 5.96. The van der Waals surface area contributed by atoms with Crippen molar-refractivity contribution in [3.63, 3.8) is 0 Å². The van der Waals surface area contributed by atoms with Gasteiger partial charge in [0.15, 0.2) is 11.5 Å². The van der Waals surface area contributed by atoms with Crippen LogP contribution in [0.3, 0.4) is 0 Å². The largest absolute Gasteiger partial charge is 0.507 e. The quantitative estimate of drug-likeness (QED) is 0.240. The molecule has 1 atom stereocenters. The van der Waals surface area contributed by atoms with Gasteiger partial charge in [0.1, 0.15) is 36.3 Å². The predicted octanol–water partition coefficient (Wildman–Crippen LogP) is 3.81. The first kappa shape index (κ1) is 22.6. The Labute approximate surface area is 204 Å². The molecule has 0 spiro atoms. The maximum Gasteiger partial charge on any atom is 0.301 e. The van der Waals surface area contributed by atoms with Gasteiger partial charge in [-0.3, -0.25) is 14.5 Å². The average Bonchev–Trinajstić information content (AvgIpc) is 3.42. The lowest BCUT2D eigenvalue weighted by molar-refractivity contribution is -0.132. The number of carbonyl (C=O) groups excluding carboxylic acids is 2. The third-order valence-electron chi connectivity index (χ3n) is 5.52. The Morgan fingerprint density at radius 2 is 2.00 bits per heavy atom. The maximum atomic E-state index is 13.3. The molecule has 1 aromatic heterocycles. The number of rotatable bonds is 6. The van der Waals surface area contributed by atoms with E-state index in [4.69, 9.17) is 14.2 Å². The van der Waals surface area contributed by atoms with Crippen molar-refractivity contribution >= 4 is 33.9 Å². The van der Waals surface area contributed by atoms with Crippen LogP contribution in [-0.4, -0.2) is 46.8 Å². The first-order chi connectivity index (χ1) is 17.0. The fraction of sp³-hybridized carbons (Fsp3) is 0.200. The fourth-order valence-corrected chi connectivity index (χ4v) is 4.72. The van der Waals surface area contributed by atoms with E-state index in [1.165, 1.54) is 16.2 Å². The van der Waals surface area contributed by atoms with Gasteiger partial charge in [-0.05, 0) is 42.8 Å². The summed E-state index contributed by atoms with van der Waals surface area (Å²) in [5.74, 6) is -0.436. The van der Waals surface area contributed by atoms with Crippen LogP contribution < -0.4 is 19.1 Å². The number of fused-ring (bicyclic) bond motifs is 1. The standard InChI is InChI=1S/C25H21N3O6S/c1-3-9-32-17-6-4-5-15(12-17)21-20(23(30)24(31)28(21)25-27-26-14(2)35-25)22(29)16-7-8-18-19(13-16)34-11-10-33-18/h3-8,12-13,21,29H,1,9-11H2,2H3/b22-20+/t21-/m1/s1. The molecule has 1 N–H and O–H groups in total. The number of ketones is 1. The molecule has 0 unspecified atom stereocenters. The van der Waals surface area contributed by atoms with E-state index in [2.05, 4.69) is 16.8 Å². The van der Waals surface area contributed by atoms with Crippen LogP contribution in [0.1, 0.15) is 22.2 Å². The van der Waals surface area contributed by atoms with Crippen LogP contribution in [0.4, 0.5) is 5.13 Å². The summed E-state index contributed by atoms with van der Waals surface area (Å²) < 4.78 is 16.8. The Hall–Kier alpha value is -4.18. The molecule has 1 amide bonds. The molecular formula is C25H21N3O6S. The van der Waals surface area contributed by atoms with E-state index in [1.54, 1.807) is 55.5 Å². The second-order valence-corrected chi connectivity index (χ2v) is 8.96. The number of hydrogen-bond donors (Lipinski definition) is 1. The van der Waals surface area contributed by atoms with Gasteiger partial charge in [-0.15, -0.1) is 10.2 Å². The summed E-state index contributed by atoms with van der Waals surface area (Å²) in [4.78, 5) is 27.8. The summed E-state index contributed by atoms with van der Waals surface area (Å²) in [6, 6.07) is 10.9. The number of nitrogens with zero attached hydrogens (tertiary/aromatic N) is 3. The topological polar surface area (TPSA) is 111 Å². The fourth-order valence-electron chi connectivity index (χ4n) is 4.00. The van der Waals surface area contributed by atoms with Crippen LogP contribution in [0, 0.1) is 6.92 Å². The van der Waals surface area contributed by atoms with E-state index in [0.717, 1.165) is 0 Å². The third-order valence-corrected chi connectivity index (χ3v) is 6.36. The van der Waals surface area contributed by atoms with E-state index in [9.17, 15) is 14.7 Å². The molecule has 0 saturated carbocycles. The summed E-state index contributed by atoms with van der Waals surface area (Å²) in [6.45, 7) is 6.49. The van der Waals surface area contributed by atoms with E-state index >= 15 is 0 Å². The molecular weight excluding hydrogens is 470 g/mol. The van der Waals surface area contributed by atoms with Crippen LogP contribution in [0.15, 0.2) is 60.7 Å². The van der Waals surface area contributed by atoms with Crippen molar-refractivity contribution in [2.24, 2.45) is 0 Å². The zero-order valence-electron chi connectivity index (χ0n) is 18.8. The summed E-state index contributed by atoms with van der Waals surface area (Å²) >= 11 is 1.18. The highest BCUT2D eigenvalue weighted by Gasteiger charge is 2.48. The average molecular weight is 492 g/mol. The molecule has 2 aliphatic heterocycles. The molecule has 35 heavy (non-hydrogen) atoms. The molecule has 9 nitrogen and oxygen atoms in total. The molecule has 2 aliphatic rings. The van der Waals surface area contributed by atoms with Gasteiger partial charge < -0.3 is 19.3 Å². The molecule has 2 aromatic carbocycles. The molecule has 3 aromatic rings. The van der Waals surface area contributed by atoms with E-state index in [-0.39, 0.29) is 23.1 Å². The predicted molar refractivity (Wildman–Crippen MR) is 129 cm³/mol. The first-order valence-corrected chi connectivity index (χ1v) is 11.6. The Bertz CT molecular complexity index is 1360. The second-order valence-electron chi connectivity index (χ2n) is 7.80. The molecule has 0 bridgehead atoms. The highest BCUT2D eigenvalue weighted by molar-refractivity contribution is 7.15. The lowest BCUT2D eigenvalue weighted by atomic mass is 9.95. The SMILES string of the molecule is C=CCOc1cccc([C@@H]2/C(=C(\O)c3ccc4c(c3)OCCO4)C(=O)C(=O)N2c2nnc(C)s2)c1. The molecule has 1 fully saturated rings. The normalized spacial score (nSPS) is 18.5. The lowest BCUT2D eigenvalue weighted by Gasteiger charge is -2.23. The van der Waals surface area contributed by atoms with Gasteiger partial charge in [0.2, 0.25) is 5.13 Å². The Morgan fingerprint density at radius 1 is 1.20 bits per heavy atom. The summed E-state index contributed by atoms with van der Waals surface area (Å²) in [6.07, 6.45) is 1.62. The zero-order valence-corrected chi connectivity index (χ0v) is 19.6.